The molecule has 0 amide bonds. The van der Waals surface area contributed by atoms with E-state index < -0.39 is 0 Å². The minimum Gasteiger partial charge on any atom is -0.316 e. The lowest BCUT2D eigenvalue weighted by Crippen LogP contribution is -2.16. The standard InChI is InChI=1S/C13H21NS/c1-13(2,3)9-11-8-10-4-6-14-7-5-12(10)15-11/h8,14H,4-7,9H2,1-3H3. The van der Waals surface area contributed by atoms with Gasteiger partial charge in [0.25, 0.3) is 0 Å². The molecule has 0 aromatic carbocycles. The second-order valence-electron chi connectivity index (χ2n) is 5.65. The molecule has 1 nitrogen and oxygen atoms in total. The average molecular weight is 223 g/mol. The van der Waals surface area contributed by atoms with Crippen molar-refractivity contribution in [3.63, 3.8) is 0 Å². The van der Waals surface area contributed by atoms with Crippen LogP contribution in [0.4, 0.5) is 0 Å². The normalized spacial score (nSPS) is 17.3. The van der Waals surface area contributed by atoms with Gasteiger partial charge >= 0.3 is 0 Å². The van der Waals surface area contributed by atoms with Crippen LogP contribution in [0.25, 0.3) is 0 Å². The van der Waals surface area contributed by atoms with E-state index >= 15 is 0 Å². The van der Waals surface area contributed by atoms with Crippen molar-refractivity contribution >= 4 is 11.3 Å². The van der Waals surface area contributed by atoms with Crippen LogP contribution in [0.5, 0.6) is 0 Å². The van der Waals surface area contributed by atoms with Gasteiger partial charge in [0.1, 0.15) is 0 Å². The maximum atomic E-state index is 3.45. The van der Waals surface area contributed by atoms with Crippen LogP contribution in [-0.4, -0.2) is 13.1 Å². The summed E-state index contributed by atoms with van der Waals surface area (Å²) < 4.78 is 0. The van der Waals surface area contributed by atoms with Crippen LogP contribution in [0.2, 0.25) is 0 Å². The summed E-state index contributed by atoms with van der Waals surface area (Å²) in [5, 5.41) is 3.45. The van der Waals surface area contributed by atoms with E-state index in [4.69, 9.17) is 0 Å². The van der Waals surface area contributed by atoms with Crippen molar-refractivity contribution in [3.8, 4) is 0 Å². The Labute approximate surface area is 96.9 Å². The predicted molar refractivity (Wildman–Crippen MR) is 67.8 cm³/mol. The minimum absolute atomic E-state index is 0.418. The molecule has 0 bridgehead atoms. The molecule has 1 N–H and O–H groups in total. The molecule has 0 spiro atoms. The summed E-state index contributed by atoms with van der Waals surface area (Å²) in [5.74, 6) is 0. The molecule has 0 fully saturated rings. The van der Waals surface area contributed by atoms with Gasteiger partial charge in [-0.2, -0.15) is 0 Å². The third-order valence-corrected chi connectivity index (χ3v) is 3.99. The van der Waals surface area contributed by atoms with E-state index in [2.05, 4.69) is 32.2 Å². The fourth-order valence-electron chi connectivity index (χ4n) is 2.11. The number of rotatable bonds is 1. The molecule has 1 aliphatic heterocycles. The molecule has 2 rings (SSSR count). The van der Waals surface area contributed by atoms with Crippen LogP contribution in [0.15, 0.2) is 6.07 Å². The van der Waals surface area contributed by atoms with Gasteiger partial charge in [0, 0.05) is 9.75 Å². The van der Waals surface area contributed by atoms with Crippen LogP contribution in [0.3, 0.4) is 0 Å². The van der Waals surface area contributed by atoms with Crippen LogP contribution in [-0.2, 0) is 19.3 Å². The third kappa shape index (κ3) is 3.05. The second kappa shape index (κ2) is 4.26. The summed E-state index contributed by atoms with van der Waals surface area (Å²) in [7, 11) is 0. The highest BCUT2D eigenvalue weighted by Crippen LogP contribution is 2.30. The van der Waals surface area contributed by atoms with Crippen molar-refractivity contribution in [1.29, 1.82) is 0 Å². The maximum Gasteiger partial charge on any atom is 0.00932 e. The second-order valence-corrected chi connectivity index (χ2v) is 6.87. The Hall–Kier alpha value is -0.340. The van der Waals surface area contributed by atoms with Gasteiger partial charge in [-0.25, -0.2) is 0 Å². The predicted octanol–water partition coefficient (Wildman–Crippen LogP) is 3.02. The first kappa shape index (κ1) is 11.2. The summed E-state index contributed by atoms with van der Waals surface area (Å²) >= 11 is 2.04. The Balaban J connectivity index is 2.15. The van der Waals surface area contributed by atoms with E-state index in [-0.39, 0.29) is 0 Å². The van der Waals surface area contributed by atoms with Crippen molar-refractivity contribution in [2.75, 3.05) is 13.1 Å². The molecule has 0 unspecified atom stereocenters. The smallest absolute Gasteiger partial charge is 0.00932 e. The molecule has 0 atom stereocenters. The van der Waals surface area contributed by atoms with Gasteiger partial charge in [0.05, 0.1) is 0 Å². The molecular weight excluding hydrogens is 202 g/mol. The van der Waals surface area contributed by atoms with Crippen molar-refractivity contribution in [1.82, 2.24) is 5.32 Å². The Bertz CT molecular complexity index is 309. The lowest BCUT2D eigenvalue weighted by molar-refractivity contribution is 0.414. The van der Waals surface area contributed by atoms with Gasteiger partial charge in [-0.05, 0) is 49.4 Å². The zero-order chi connectivity index (χ0) is 10.9. The zero-order valence-electron chi connectivity index (χ0n) is 10.0. The summed E-state index contributed by atoms with van der Waals surface area (Å²) in [6, 6.07) is 2.44. The molecular formula is C13H21NS. The minimum atomic E-state index is 0.418. The number of thiophene rings is 1. The van der Waals surface area contributed by atoms with Gasteiger partial charge in [-0.15, -0.1) is 11.3 Å². The average Bonchev–Trinajstić information content (AvgIpc) is 2.32. The molecule has 1 aliphatic rings. The number of fused-ring (bicyclic) bond motifs is 1. The fraction of sp³-hybridized carbons (Fsp3) is 0.692. The largest absolute Gasteiger partial charge is 0.316 e. The molecule has 84 valence electrons. The summed E-state index contributed by atoms with van der Waals surface area (Å²) in [6.45, 7) is 9.26. The number of nitrogens with one attached hydrogen (secondary N) is 1. The molecule has 15 heavy (non-hydrogen) atoms. The topological polar surface area (TPSA) is 12.0 Å². The van der Waals surface area contributed by atoms with Gasteiger partial charge in [-0.3, -0.25) is 0 Å². The first-order valence-corrected chi connectivity index (χ1v) is 6.67. The Morgan fingerprint density at radius 1 is 1.27 bits per heavy atom. The van der Waals surface area contributed by atoms with Gasteiger partial charge in [-0.1, -0.05) is 20.8 Å². The highest BCUT2D eigenvalue weighted by atomic mass is 32.1. The van der Waals surface area contributed by atoms with Gasteiger partial charge in [0.15, 0.2) is 0 Å². The van der Waals surface area contributed by atoms with Crippen LogP contribution in [0, 0.1) is 5.41 Å². The Kier molecular flexibility index (Phi) is 3.17. The van der Waals surface area contributed by atoms with E-state index in [9.17, 15) is 0 Å². The quantitative estimate of drug-likeness (QED) is 0.771. The molecule has 2 heterocycles. The van der Waals surface area contributed by atoms with E-state index in [0.717, 1.165) is 13.1 Å². The molecule has 2 heteroatoms. The van der Waals surface area contributed by atoms with E-state index in [1.54, 1.807) is 15.3 Å². The van der Waals surface area contributed by atoms with Gasteiger partial charge < -0.3 is 5.32 Å². The molecule has 1 aromatic rings. The highest BCUT2D eigenvalue weighted by Gasteiger charge is 2.16. The SMILES string of the molecule is CC(C)(C)Cc1cc2c(s1)CCNCC2. The number of hydrogen-bond donors (Lipinski definition) is 1. The van der Waals surface area contributed by atoms with Crippen molar-refractivity contribution in [2.45, 2.75) is 40.0 Å². The van der Waals surface area contributed by atoms with E-state index in [1.165, 1.54) is 19.3 Å². The van der Waals surface area contributed by atoms with Gasteiger partial charge in [0.2, 0.25) is 0 Å². The molecule has 0 saturated heterocycles. The molecule has 0 radical (unpaired) electrons. The van der Waals surface area contributed by atoms with Crippen LogP contribution in [0.1, 0.15) is 36.1 Å². The first-order chi connectivity index (χ1) is 7.04. The molecule has 0 saturated carbocycles. The third-order valence-electron chi connectivity index (χ3n) is 2.75. The lowest BCUT2D eigenvalue weighted by Gasteiger charge is -2.16. The first-order valence-electron chi connectivity index (χ1n) is 5.86. The Morgan fingerprint density at radius 3 is 2.73 bits per heavy atom. The van der Waals surface area contributed by atoms with E-state index in [0.29, 0.717) is 5.41 Å². The zero-order valence-corrected chi connectivity index (χ0v) is 10.8. The number of hydrogen-bond acceptors (Lipinski definition) is 2. The lowest BCUT2D eigenvalue weighted by atomic mass is 9.91. The summed E-state index contributed by atoms with van der Waals surface area (Å²) in [6.07, 6.45) is 3.66. The van der Waals surface area contributed by atoms with Crippen molar-refractivity contribution < 1.29 is 0 Å². The van der Waals surface area contributed by atoms with E-state index in [1.807, 2.05) is 11.3 Å². The highest BCUT2D eigenvalue weighted by molar-refractivity contribution is 7.12. The van der Waals surface area contributed by atoms with Crippen molar-refractivity contribution in [2.24, 2.45) is 5.41 Å². The summed E-state index contributed by atoms with van der Waals surface area (Å²) in [5.41, 5.74) is 2.02. The van der Waals surface area contributed by atoms with Crippen molar-refractivity contribution in [3.05, 3.63) is 21.4 Å². The van der Waals surface area contributed by atoms with Crippen LogP contribution < -0.4 is 5.32 Å². The van der Waals surface area contributed by atoms with Crippen LogP contribution >= 0.6 is 11.3 Å². The fourth-order valence-corrected chi connectivity index (χ4v) is 3.63. The maximum absolute atomic E-state index is 3.45. The molecule has 1 aromatic heterocycles. The molecule has 0 aliphatic carbocycles. The Morgan fingerprint density at radius 2 is 2.00 bits per heavy atom. The summed E-state index contributed by atoms with van der Waals surface area (Å²) in [4.78, 5) is 3.20. The monoisotopic (exact) mass is 223 g/mol.